The second kappa shape index (κ2) is 9.71. The van der Waals surface area contributed by atoms with Gasteiger partial charge in [-0.3, -0.25) is 9.59 Å². The third-order valence-electron chi connectivity index (χ3n) is 5.25. The number of carbonyl (C=O) groups excluding carboxylic acids is 2. The van der Waals surface area contributed by atoms with Gasteiger partial charge in [-0.25, -0.2) is 0 Å². The highest BCUT2D eigenvalue weighted by Gasteiger charge is 2.18. The van der Waals surface area contributed by atoms with Crippen molar-refractivity contribution in [3.05, 3.63) is 59.2 Å². The normalized spacial score (nSPS) is 14.1. The van der Waals surface area contributed by atoms with Crippen LogP contribution in [0.5, 0.6) is 0 Å². The van der Waals surface area contributed by atoms with Crippen LogP contribution in [0.15, 0.2) is 64.1 Å². The van der Waals surface area contributed by atoms with Crippen LogP contribution in [0.4, 0.5) is 5.69 Å². The van der Waals surface area contributed by atoms with Gasteiger partial charge in [0, 0.05) is 45.2 Å². The van der Waals surface area contributed by atoms with Gasteiger partial charge in [-0.2, -0.15) is 0 Å². The Morgan fingerprint density at radius 3 is 2.50 bits per heavy atom. The molecule has 2 heterocycles. The van der Waals surface area contributed by atoms with E-state index in [-0.39, 0.29) is 11.8 Å². The number of anilines is 1. The van der Waals surface area contributed by atoms with Crippen LogP contribution in [0.2, 0.25) is 0 Å². The molecule has 30 heavy (non-hydrogen) atoms. The molecule has 5 nitrogen and oxygen atoms in total. The van der Waals surface area contributed by atoms with Gasteiger partial charge in [-0.05, 0) is 49.6 Å². The van der Waals surface area contributed by atoms with Gasteiger partial charge >= 0.3 is 0 Å². The molecule has 0 bridgehead atoms. The number of halogens is 1. The van der Waals surface area contributed by atoms with Crippen LogP contribution >= 0.6 is 27.7 Å². The van der Waals surface area contributed by atoms with Crippen molar-refractivity contribution in [2.45, 2.75) is 30.7 Å². The van der Waals surface area contributed by atoms with Crippen molar-refractivity contribution in [3.63, 3.8) is 0 Å². The van der Waals surface area contributed by atoms with Crippen molar-refractivity contribution in [1.29, 1.82) is 0 Å². The van der Waals surface area contributed by atoms with Crippen molar-refractivity contribution >= 4 is 56.1 Å². The zero-order valence-electron chi connectivity index (χ0n) is 16.6. The lowest BCUT2D eigenvalue weighted by Crippen LogP contribution is -2.37. The zero-order valence-corrected chi connectivity index (χ0v) is 19.0. The SMILES string of the molecule is O=C(CSc1cn(CC(=O)N2CCCCC2)c2ccccc12)Nc1ccc(Br)cc1. The Labute approximate surface area is 188 Å². The molecule has 0 spiro atoms. The molecule has 4 rings (SSSR count). The number of likely N-dealkylation sites (tertiary alicyclic amines) is 1. The Balaban J connectivity index is 1.44. The summed E-state index contributed by atoms with van der Waals surface area (Å²) in [4.78, 5) is 28.1. The van der Waals surface area contributed by atoms with E-state index < -0.39 is 0 Å². The molecule has 0 aliphatic carbocycles. The van der Waals surface area contributed by atoms with Crippen molar-refractivity contribution in [3.8, 4) is 0 Å². The van der Waals surface area contributed by atoms with Gasteiger partial charge < -0.3 is 14.8 Å². The van der Waals surface area contributed by atoms with Crippen LogP contribution in [-0.2, 0) is 16.1 Å². The van der Waals surface area contributed by atoms with Crippen molar-refractivity contribution in [2.75, 3.05) is 24.2 Å². The smallest absolute Gasteiger partial charge is 0.242 e. The van der Waals surface area contributed by atoms with E-state index in [2.05, 4.69) is 21.2 Å². The number of nitrogens with one attached hydrogen (secondary N) is 1. The molecule has 0 saturated carbocycles. The Bertz CT molecular complexity index is 1040. The number of nitrogens with zero attached hydrogens (tertiary/aromatic N) is 2. The fraction of sp³-hybridized carbons (Fsp3) is 0.304. The van der Waals surface area contributed by atoms with Gasteiger partial charge in [0.1, 0.15) is 6.54 Å². The fourth-order valence-corrected chi connectivity index (χ4v) is 4.87. The van der Waals surface area contributed by atoms with E-state index >= 15 is 0 Å². The predicted octanol–water partition coefficient (Wildman–Crippen LogP) is 5.15. The van der Waals surface area contributed by atoms with E-state index in [1.54, 1.807) is 0 Å². The second-order valence-electron chi connectivity index (χ2n) is 7.42. The summed E-state index contributed by atoms with van der Waals surface area (Å²) >= 11 is 4.89. The number of hydrogen-bond acceptors (Lipinski definition) is 3. The Hall–Kier alpha value is -2.25. The number of carbonyl (C=O) groups is 2. The highest BCUT2D eigenvalue weighted by atomic mass is 79.9. The van der Waals surface area contributed by atoms with Crippen LogP contribution in [0, 0.1) is 0 Å². The molecule has 0 radical (unpaired) electrons. The highest BCUT2D eigenvalue weighted by molar-refractivity contribution is 9.10. The molecule has 2 amide bonds. The summed E-state index contributed by atoms with van der Waals surface area (Å²) in [6.45, 7) is 2.05. The standard InChI is InChI=1S/C23H24BrN3O2S/c24-17-8-10-18(11-9-17)25-22(28)16-30-21-14-27(20-7-3-2-6-19(20)21)15-23(29)26-12-4-1-5-13-26/h2-3,6-11,14H,1,4-5,12-13,15-16H2,(H,25,28). The molecule has 1 aliphatic heterocycles. The summed E-state index contributed by atoms with van der Waals surface area (Å²) in [5, 5.41) is 4.00. The molecule has 1 saturated heterocycles. The highest BCUT2D eigenvalue weighted by Crippen LogP contribution is 2.30. The van der Waals surface area contributed by atoms with E-state index in [4.69, 9.17) is 0 Å². The van der Waals surface area contributed by atoms with Crippen molar-refractivity contribution in [2.24, 2.45) is 0 Å². The number of para-hydroxylation sites is 1. The van der Waals surface area contributed by atoms with Crippen LogP contribution in [0.3, 0.4) is 0 Å². The topological polar surface area (TPSA) is 54.3 Å². The maximum atomic E-state index is 12.7. The van der Waals surface area contributed by atoms with Gasteiger partial charge in [0.15, 0.2) is 0 Å². The minimum atomic E-state index is -0.0523. The fourth-order valence-electron chi connectivity index (χ4n) is 3.72. The number of fused-ring (bicyclic) bond motifs is 1. The van der Waals surface area contributed by atoms with Crippen LogP contribution < -0.4 is 5.32 Å². The molecular weight excluding hydrogens is 462 g/mol. The molecule has 1 N–H and O–H groups in total. The molecule has 1 aromatic heterocycles. The predicted molar refractivity (Wildman–Crippen MR) is 126 cm³/mol. The molecule has 156 valence electrons. The summed E-state index contributed by atoms with van der Waals surface area (Å²) in [6.07, 6.45) is 5.39. The first-order valence-electron chi connectivity index (χ1n) is 10.1. The quantitative estimate of drug-likeness (QED) is 0.491. The number of rotatable bonds is 6. The molecule has 0 atom stereocenters. The largest absolute Gasteiger partial charge is 0.341 e. The van der Waals surface area contributed by atoms with E-state index in [1.807, 2.05) is 64.2 Å². The minimum absolute atomic E-state index is 0.0523. The summed E-state index contributed by atoms with van der Waals surface area (Å²) in [5.74, 6) is 0.424. The van der Waals surface area contributed by atoms with Crippen molar-refractivity contribution in [1.82, 2.24) is 9.47 Å². The Morgan fingerprint density at radius 1 is 1.00 bits per heavy atom. The van der Waals surface area contributed by atoms with E-state index in [0.29, 0.717) is 12.3 Å². The number of aromatic nitrogens is 1. The summed E-state index contributed by atoms with van der Waals surface area (Å²) < 4.78 is 2.99. The lowest BCUT2D eigenvalue weighted by molar-refractivity contribution is -0.132. The molecular formula is C23H24BrN3O2S. The summed E-state index contributed by atoms with van der Waals surface area (Å²) in [5.41, 5.74) is 1.80. The summed E-state index contributed by atoms with van der Waals surface area (Å²) in [7, 11) is 0. The third-order valence-corrected chi connectivity index (χ3v) is 6.82. The van der Waals surface area contributed by atoms with E-state index in [0.717, 1.165) is 51.9 Å². The molecule has 1 aliphatic rings. The monoisotopic (exact) mass is 485 g/mol. The van der Waals surface area contributed by atoms with E-state index in [9.17, 15) is 9.59 Å². The van der Waals surface area contributed by atoms with Crippen LogP contribution in [0.1, 0.15) is 19.3 Å². The molecule has 2 aromatic carbocycles. The number of thioether (sulfide) groups is 1. The maximum absolute atomic E-state index is 12.7. The number of piperidine rings is 1. The summed E-state index contributed by atoms with van der Waals surface area (Å²) in [6, 6.07) is 15.6. The lowest BCUT2D eigenvalue weighted by Gasteiger charge is -2.27. The van der Waals surface area contributed by atoms with E-state index in [1.165, 1.54) is 18.2 Å². The molecule has 0 unspecified atom stereocenters. The maximum Gasteiger partial charge on any atom is 0.242 e. The Morgan fingerprint density at radius 2 is 1.73 bits per heavy atom. The van der Waals surface area contributed by atoms with Crippen molar-refractivity contribution < 1.29 is 9.59 Å². The minimum Gasteiger partial charge on any atom is -0.341 e. The Kier molecular flexibility index (Phi) is 6.79. The third kappa shape index (κ3) is 5.08. The van der Waals surface area contributed by atoms with Gasteiger partial charge in [-0.15, -0.1) is 11.8 Å². The lowest BCUT2D eigenvalue weighted by atomic mass is 10.1. The average molecular weight is 486 g/mol. The molecule has 7 heteroatoms. The number of benzene rings is 2. The average Bonchev–Trinajstić information content (AvgIpc) is 3.12. The first-order valence-corrected chi connectivity index (χ1v) is 11.9. The molecule has 1 fully saturated rings. The number of hydrogen-bond donors (Lipinski definition) is 1. The zero-order chi connectivity index (χ0) is 20.9. The van der Waals surface area contributed by atoms with Gasteiger partial charge in [0.2, 0.25) is 11.8 Å². The van der Waals surface area contributed by atoms with Crippen LogP contribution in [0.25, 0.3) is 10.9 Å². The van der Waals surface area contributed by atoms with Gasteiger partial charge in [0.05, 0.1) is 5.75 Å². The first-order chi connectivity index (χ1) is 14.6. The van der Waals surface area contributed by atoms with Gasteiger partial charge in [-0.1, -0.05) is 34.1 Å². The van der Waals surface area contributed by atoms with Crippen LogP contribution in [-0.4, -0.2) is 40.1 Å². The molecule has 3 aromatic rings. The second-order valence-corrected chi connectivity index (χ2v) is 9.36. The first kappa shape index (κ1) is 21.0. The van der Waals surface area contributed by atoms with Gasteiger partial charge in [0.25, 0.3) is 0 Å². The number of amides is 2.